The van der Waals surface area contributed by atoms with Gasteiger partial charge < -0.3 is 5.11 Å². The first-order valence-electron chi connectivity index (χ1n) is 6.73. The van der Waals surface area contributed by atoms with Crippen molar-refractivity contribution in [2.75, 3.05) is 6.54 Å². The van der Waals surface area contributed by atoms with Gasteiger partial charge in [0.25, 0.3) is 10.0 Å². The number of hydrogen-bond acceptors (Lipinski definition) is 4. The van der Waals surface area contributed by atoms with Crippen LogP contribution in [0.15, 0.2) is 10.3 Å². The topological polar surface area (TPSA) is 74.7 Å². The minimum atomic E-state index is -3.58. The minimum absolute atomic E-state index is 0.0562. The van der Waals surface area contributed by atoms with Crippen molar-refractivity contribution >= 4 is 27.3 Å². The van der Waals surface area contributed by atoms with Gasteiger partial charge in [0.1, 0.15) is 9.09 Å². The molecule has 7 heteroatoms. The van der Waals surface area contributed by atoms with Crippen LogP contribution in [0.25, 0.3) is 0 Å². The smallest absolute Gasteiger partial charge is 0.346 e. The second-order valence-corrected chi connectivity index (χ2v) is 8.20. The van der Waals surface area contributed by atoms with Crippen LogP contribution in [0, 0.1) is 6.92 Å². The highest BCUT2D eigenvalue weighted by atomic mass is 32.2. The molecule has 1 heterocycles. The van der Waals surface area contributed by atoms with Crippen LogP contribution in [0.4, 0.5) is 0 Å². The molecule has 0 saturated heterocycles. The first-order valence-corrected chi connectivity index (χ1v) is 8.99. The molecule has 1 aromatic heterocycles. The summed E-state index contributed by atoms with van der Waals surface area (Å²) in [5.74, 6) is -1.07. The Labute approximate surface area is 123 Å². The Hall–Kier alpha value is -0.920. The van der Waals surface area contributed by atoms with Gasteiger partial charge in [0.2, 0.25) is 0 Å². The Morgan fingerprint density at radius 3 is 2.50 bits per heavy atom. The quantitative estimate of drug-likeness (QED) is 0.906. The fourth-order valence-corrected chi connectivity index (χ4v) is 5.93. The van der Waals surface area contributed by atoms with Gasteiger partial charge in [-0.1, -0.05) is 19.8 Å². The Kier molecular flexibility index (Phi) is 4.51. The van der Waals surface area contributed by atoms with Gasteiger partial charge in [-0.05, 0) is 31.4 Å². The lowest BCUT2D eigenvalue weighted by atomic mass is 10.2. The third-order valence-electron chi connectivity index (χ3n) is 3.70. The van der Waals surface area contributed by atoms with Gasteiger partial charge in [0.05, 0.1) is 0 Å². The lowest BCUT2D eigenvalue weighted by Gasteiger charge is -2.25. The van der Waals surface area contributed by atoms with Gasteiger partial charge in [-0.15, -0.1) is 11.3 Å². The molecule has 5 nitrogen and oxygen atoms in total. The highest BCUT2D eigenvalue weighted by Gasteiger charge is 2.33. The molecule has 20 heavy (non-hydrogen) atoms. The molecule has 0 aliphatic heterocycles. The van der Waals surface area contributed by atoms with E-state index in [0.29, 0.717) is 12.1 Å². The standard InChI is InChI=1S/C13H19NO4S2/c1-3-14(10-6-4-5-7-10)20(17,18)11-8-9(2)12(19-11)13(15)16/h8,10H,3-7H2,1-2H3,(H,15,16). The van der Waals surface area contributed by atoms with Crippen LogP contribution in [0.3, 0.4) is 0 Å². The maximum absolute atomic E-state index is 12.7. The largest absolute Gasteiger partial charge is 0.477 e. The van der Waals surface area contributed by atoms with Gasteiger partial charge >= 0.3 is 5.97 Å². The van der Waals surface area contributed by atoms with Gasteiger partial charge in [-0.25, -0.2) is 13.2 Å². The predicted octanol–water partition coefficient (Wildman–Crippen LogP) is 2.71. The lowest BCUT2D eigenvalue weighted by Crippen LogP contribution is -2.38. The van der Waals surface area contributed by atoms with E-state index in [1.807, 2.05) is 6.92 Å². The van der Waals surface area contributed by atoms with Crippen LogP contribution in [-0.2, 0) is 10.0 Å². The zero-order valence-corrected chi connectivity index (χ0v) is 13.3. The fourth-order valence-electron chi connectivity index (χ4n) is 2.72. The number of rotatable bonds is 5. The van der Waals surface area contributed by atoms with E-state index in [4.69, 9.17) is 5.11 Å². The third kappa shape index (κ3) is 2.75. The van der Waals surface area contributed by atoms with E-state index >= 15 is 0 Å². The number of aromatic carboxylic acids is 1. The lowest BCUT2D eigenvalue weighted by molar-refractivity contribution is 0.0701. The monoisotopic (exact) mass is 317 g/mol. The summed E-state index contributed by atoms with van der Waals surface area (Å²) in [6.07, 6.45) is 3.90. The van der Waals surface area contributed by atoms with E-state index in [2.05, 4.69) is 0 Å². The van der Waals surface area contributed by atoms with E-state index in [0.717, 1.165) is 37.0 Å². The number of sulfonamides is 1. The van der Waals surface area contributed by atoms with E-state index in [1.165, 1.54) is 10.4 Å². The number of aryl methyl sites for hydroxylation is 1. The van der Waals surface area contributed by atoms with Crippen molar-refractivity contribution in [1.29, 1.82) is 0 Å². The molecule has 1 aliphatic rings. The molecule has 1 fully saturated rings. The van der Waals surface area contributed by atoms with Crippen LogP contribution in [-0.4, -0.2) is 36.4 Å². The average Bonchev–Trinajstić information content (AvgIpc) is 2.99. The molecule has 1 aliphatic carbocycles. The second kappa shape index (κ2) is 5.83. The van der Waals surface area contributed by atoms with Crippen molar-refractivity contribution in [1.82, 2.24) is 4.31 Å². The Morgan fingerprint density at radius 1 is 1.45 bits per heavy atom. The molecule has 0 radical (unpaired) electrons. The van der Waals surface area contributed by atoms with Crippen molar-refractivity contribution in [3.05, 3.63) is 16.5 Å². The maximum Gasteiger partial charge on any atom is 0.346 e. The predicted molar refractivity (Wildman–Crippen MR) is 77.8 cm³/mol. The molecule has 1 saturated carbocycles. The molecular weight excluding hydrogens is 298 g/mol. The normalized spacial score (nSPS) is 16.9. The fraction of sp³-hybridized carbons (Fsp3) is 0.615. The molecule has 0 bridgehead atoms. The van der Waals surface area contributed by atoms with Crippen LogP contribution in [0.2, 0.25) is 0 Å². The Morgan fingerprint density at radius 2 is 2.05 bits per heavy atom. The van der Waals surface area contributed by atoms with Gasteiger partial charge in [0.15, 0.2) is 0 Å². The maximum atomic E-state index is 12.7. The van der Waals surface area contributed by atoms with Gasteiger partial charge in [0, 0.05) is 12.6 Å². The molecule has 1 N–H and O–H groups in total. The van der Waals surface area contributed by atoms with Gasteiger partial charge in [-0.2, -0.15) is 4.31 Å². The molecule has 1 aromatic rings. The molecule has 0 amide bonds. The molecule has 0 spiro atoms. The van der Waals surface area contributed by atoms with E-state index in [-0.39, 0.29) is 15.1 Å². The van der Waals surface area contributed by atoms with Gasteiger partial charge in [-0.3, -0.25) is 0 Å². The summed E-state index contributed by atoms with van der Waals surface area (Å²) in [5.41, 5.74) is 0.503. The van der Waals surface area contributed by atoms with Crippen LogP contribution < -0.4 is 0 Å². The highest BCUT2D eigenvalue weighted by molar-refractivity contribution is 7.91. The molecule has 0 unspecified atom stereocenters. The average molecular weight is 317 g/mol. The highest BCUT2D eigenvalue weighted by Crippen LogP contribution is 2.33. The Balaban J connectivity index is 2.37. The second-order valence-electron chi connectivity index (χ2n) is 5.03. The minimum Gasteiger partial charge on any atom is -0.477 e. The number of nitrogens with zero attached hydrogens (tertiary/aromatic N) is 1. The SMILES string of the molecule is CCN(C1CCCC1)S(=O)(=O)c1cc(C)c(C(=O)O)s1. The van der Waals surface area contributed by atoms with Crippen molar-refractivity contribution in [2.45, 2.75) is 49.8 Å². The number of carboxylic acid groups (broad SMARTS) is 1. The molecule has 0 aromatic carbocycles. The summed E-state index contributed by atoms with van der Waals surface area (Å²) in [4.78, 5) is 11.2. The van der Waals surface area contributed by atoms with Crippen molar-refractivity contribution in [3.63, 3.8) is 0 Å². The number of carbonyl (C=O) groups is 1. The third-order valence-corrected chi connectivity index (χ3v) is 7.40. The zero-order chi connectivity index (χ0) is 14.9. The van der Waals surface area contributed by atoms with Crippen molar-refractivity contribution in [2.24, 2.45) is 0 Å². The molecule has 2 rings (SSSR count). The van der Waals surface area contributed by atoms with Crippen LogP contribution >= 0.6 is 11.3 Å². The number of thiophene rings is 1. The summed E-state index contributed by atoms with van der Waals surface area (Å²) in [5, 5.41) is 9.05. The first-order chi connectivity index (χ1) is 9.37. The van der Waals surface area contributed by atoms with Crippen LogP contribution in [0.1, 0.15) is 47.8 Å². The summed E-state index contributed by atoms with van der Waals surface area (Å²) < 4.78 is 27.0. The van der Waals surface area contributed by atoms with E-state index in [9.17, 15) is 13.2 Å². The molecular formula is C13H19NO4S2. The summed E-state index contributed by atoms with van der Waals surface area (Å²) in [7, 11) is -3.58. The van der Waals surface area contributed by atoms with E-state index in [1.54, 1.807) is 6.92 Å². The Bertz CT molecular complexity index is 600. The number of carboxylic acids is 1. The van der Waals surface area contributed by atoms with Crippen molar-refractivity contribution in [3.8, 4) is 0 Å². The van der Waals surface area contributed by atoms with Crippen molar-refractivity contribution < 1.29 is 18.3 Å². The van der Waals surface area contributed by atoms with Crippen LogP contribution in [0.5, 0.6) is 0 Å². The summed E-state index contributed by atoms with van der Waals surface area (Å²) in [6.45, 7) is 3.88. The number of hydrogen-bond donors (Lipinski definition) is 1. The van der Waals surface area contributed by atoms with E-state index < -0.39 is 16.0 Å². The zero-order valence-electron chi connectivity index (χ0n) is 11.6. The molecule has 0 atom stereocenters. The molecule has 112 valence electrons. The first kappa shape index (κ1) is 15.5. The summed E-state index contributed by atoms with van der Waals surface area (Å²) >= 11 is 0.848. The summed E-state index contributed by atoms with van der Waals surface area (Å²) in [6, 6.07) is 1.53.